The SMILES string of the molecule is CC1CCN(C(=O)[C@@H](N)CCCc2ccc(N)nc2)CC1.Cl. The molecule has 2 heterocycles. The number of hydrogen-bond donors (Lipinski definition) is 2. The Labute approximate surface area is 138 Å². The van der Waals surface area contributed by atoms with Crippen molar-refractivity contribution in [1.82, 2.24) is 9.88 Å². The van der Waals surface area contributed by atoms with E-state index in [2.05, 4.69) is 11.9 Å². The van der Waals surface area contributed by atoms with Crippen molar-refractivity contribution in [3.8, 4) is 0 Å². The number of halogens is 1. The summed E-state index contributed by atoms with van der Waals surface area (Å²) in [6, 6.07) is 3.40. The Morgan fingerprint density at radius 2 is 2.09 bits per heavy atom. The summed E-state index contributed by atoms with van der Waals surface area (Å²) >= 11 is 0. The molecule has 1 amide bonds. The number of rotatable bonds is 5. The van der Waals surface area contributed by atoms with E-state index in [0.717, 1.165) is 56.7 Å². The molecule has 0 unspecified atom stereocenters. The summed E-state index contributed by atoms with van der Waals surface area (Å²) in [6.45, 7) is 3.95. The van der Waals surface area contributed by atoms with Gasteiger partial charge in [0.25, 0.3) is 0 Å². The topological polar surface area (TPSA) is 85.2 Å². The Bertz CT molecular complexity index is 458. The molecule has 0 aliphatic carbocycles. The minimum absolute atomic E-state index is 0. The number of pyridine rings is 1. The van der Waals surface area contributed by atoms with Crippen molar-refractivity contribution in [2.75, 3.05) is 18.8 Å². The summed E-state index contributed by atoms with van der Waals surface area (Å²) in [5.74, 6) is 1.37. The average Bonchev–Trinajstić information content (AvgIpc) is 2.49. The molecule has 1 aromatic heterocycles. The lowest BCUT2D eigenvalue weighted by molar-refractivity contribution is -0.134. The first-order valence-corrected chi connectivity index (χ1v) is 7.81. The maximum Gasteiger partial charge on any atom is 0.239 e. The predicted octanol–water partition coefficient (Wildman–Crippen LogP) is 1.99. The Balaban J connectivity index is 0.00000242. The Morgan fingerprint density at radius 3 is 2.68 bits per heavy atom. The van der Waals surface area contributed by atoms with E-state index in [-0.39, 0.29) is 24.4 Å². The zero-order chi connectivity index (χ0) is 15.2. The van der Waals surface area contributed by atoms with Crippen LogP contribution in [0.4, 0.5) is 5.82 Å². The fourth-order valence-corrected chi connectivity index (χ4v) is 2.70. The lowest BCUT2D eigenvalue weighted by Gasteiger charge is -2.32. The number of anilines is 1. The van der Waals surface area contributed by atoms with Crippen LogP contribution in [0.2, 0.25) is 0 Å². The van der Waals surface area contributed by atoms with Crippen LogP contribution in [0, 0.1) is 5.92 Å². The van der Waals surface area contributed by atoms with Crippen LogP contribution in [0.5, 0.6) is 0 Å². The molecule has 0 spiro atoms. The molecule has 0 bridgehead atoms. The molecule has 6 heteroatoms. The molecule has 124 valence electrons. The summed E-state index contributed by atoms with van der Waals surface area (Å²) in [7, 11) is 0. The van der Waals surface area contributed by atoms with E-state index in [4.69, 9.17) is 11.5 Å². The number of piperidine rings is 1. The average molecular weight is 327 g/mol. The molecule has 22 heavy (non-hydrogen) atoms. The molecular formula is C16H27ClN4O. The maximum atomic E-state index is 12.3. The Hall–Kier alpha value is -1.33. The first-order chi connectivity index (χ1) is 10.1. The van der Waals surface area contributed by atoms with Crippen LogP contribution in [0.25, 0.3) is 0 Å². The van der Waals surface area contributed by atoms with Gasteiger partial charge in [0.15, 0.2) is 0 Å². The molecule has 1 saturated heterocycles. The number of amides is 1. The molecule has 2 rings (SSSR count). The fraction of sp³-hybridized carbons (Fsp3) is 0.625. The first kappa shape index (κ1) is 18.7. The van der Waals surface area contributed by atoms with Crippen molar-refractivity contribution in [1.29, 1.82) is 0 Å². The number of nitrogens with zero attached hydrogens (tertiary/aromatic N) is 2. The summed E-state index contributed by atoms with van der Waals surface area (Å²) in [5.41, 5.74) is 12.7. The number of hydrogen-bond acceptors (Lipinski definition) is 4. The Morgan fingerprint density at radius 1 is 1.41 bits per heavy atom. The first-order valence-electron chi connectivity index (χ1n) is 7.81. The maximum absolute atomic E-state index is 12.3. The van der Waals surface area contributed by atoms with Gasteiger partial charge < -0.3 is 16.4 Å². The van der Waals surface area contributed by atoms with Gasteiger partial charge in [-0.05, 0) is 49.7 Å². The van der Waals surface area contributed by atoms with E-state index in [1.165, 1.54) is 0 Å². The van der Waals surface area contributed by atoms with Gasteiger partial charge in [0, 0.05) is 19.3 Å². The number of nitrogen functional groups attached to an aromatic ring is 1. The van der Waals surface area contributed by atoms with Gasteiger partial charge in [-0.15, -0.1) is 12.4 Å². The van der Waals surface area contributed by atoms with Crippen LogP contribution in [0.1, 0.15) is 38.2 Å². The van der Waals surface area contributed by atoms with Gasteiger partial charge >= 0.3 is 0 Å². The molecule has 0 saturated carbocycles. The van der Waals surface area contributed by atoms with Crippen LogP contribution < -0.4 is 11.5 Å². The van der Waals surface area contributed by atoms with Crippen molar-refractivity contribution < 1.29 is 4.79 Å². The van der Waals surface area contributed by atoms with E-state index >= 15 is 0 Å². The summed E-state index contributed by atoms with van der Waals surface area (Å²) in [4.78, 5) is 18.3. The van der Waals surface area contributed by atoms with Gasteiger partial charge in [-0.1, -0.05) is 13.0 Å². The van der Waals surface area contributed by atoms with Crippen molar-refractivity contribution in [2.24, 2.45) is 11.7 Å². The standard InChI is InChI=1S/C16H26N4O.ClH/c1-12-7-9-20(10-8-12)16(21)14(17)4-2-3-13-5-6-15(18)19-11-13;/h5-6,11-12,14H,2-4,7-10,17H2,1H3,(H2,18,19);1H/t14-;/m0./s1. The summed E-state index contributed by atoms with van der Waals surface area (Å²) < 4.78 is 0. The third-order valence-corrected chi connectivity index (χ3v) is 4.24. The third-order valence-electron chi connectivity index (χ3n) is 4.24. The van der Waals surface area contributed by atoms with E-state index in [1.54, 1.807) is 12.3 Å². The van der Waals surface area contributed by atoms with Crippen LogP contribution in [-0.4, -0.2) is 34.9 Å². The number of nitrogens with two attached hydrogens (primary N) is 2. The molecule has 1 aliphatic heterocycles. The quantitative estimate of drug-likeness (QED) is 0.866. The minimum Gasteiger partial charge on any atom is -0.384 e. The highest BCUT2D eigenvalue weighted by molar-refractivity contribution is 5.85. The highest BCUT2D eigenvalue weighted by Gasteiger charge is 2.24. The predicted molar refractivity (Wildman–Crippen MR) is 91.8 cm³/mol. The fourth-order valence-electron chi connectivity index (χ4n) is 2.70. The Kier molecular flexibility index (Phi) is 7.62. The van der Waals surface area contributed by atoms with Gasteiger partial charge in [-0.25, -0.2) is 4.98 Å². The minimum atomic E-state index is -0.375. The smallest absolute Gasteiger partial charge is 0.239 e. The number of aryl methyl sites for hydroxylation is 1. The van der Waals surface area contributed by atoms with E-state index in [9.17, 15) is 4.79 Å². The lowest BCUT2D eigenvalue weighted by atomic mass is 9.98. The molecular weight excluding hydrogens is 300 g/mol. The summed E-state index contributed by atoms with van der Waals surface area (Å²) in [5, 5.41) is 0. The number of carbonyl (C=O) groups excluding carboxylic acids is 1. The van der Waals surface area contributed by atoms with Gasteiger partial charge in [0.2, 0.25) is 5.91 Å². The van der Waals surface area contributed by atoms with Gasteiger partial charge in [0.05, 0.1) is 6.04 Å². The molecule has 5 nitrogen and oxygen atoms in total. The van der Waals surface area contributed by atoms with E-state index in [1.807, 2.05) is 11.0 Å². The van der Waals surface area contributed by atoms with Crippen molar-refractivity contribution in [3.05, 3.63) is 23.9 Å². The van der Waals surface area contributed by atoms with Gasteiger partial charge in [-0.2, -0.15) is 0 Å². The van der Waals surface area contributed by atoms with Gasteiger partial charge in [-0.3, -0.25) is 4.79 Å². The third kappa shape index (κ3) is 5.46. The normalized spacial score (nSPS) is 16.9. The zero-order valence-electron chi connectivity index (χ0n) is 13.2. The highest BCUT2D eigenvalue weighted by atomic mass is 35.5. The molecule has 4 N–H and O–H groups in total. The van der Waals surface area contributed by atoms with Gasteiger partial charge in [0.1, 0.15) is 5.82 Å². The van der Waals surface area contributed by atoms with Crippen molar-refractivity contribution in [3.63, 3.8) is 0 Å². The monoisotopic (exact) mass is 326 g/mol. The van der Waals surface area contributed by atoms with Crippen LogP contribution in [-0.2, 0) is 11.2 Å². The molecule has 0 radical (unpaired) electrons. The summed E-state index contributed by atoms with van der Waals surface area (Å²) in [6.07, 6.45) is 6.46. The van der Waals surface area contributed by atoms with Crippen LogP contribution >= 0.6 is 12.4 Å². The van der Waals surface area contributed by atoms with Crippen molar-refractivity contribution in [2.45, 2.75) is 45.1 Å². The number of carbonyl (C=O) groups is 1. The molecule has 1 fully saturated rings. The van der Waals surface area contributed by atoms with Crippen molar-refractivity contribution >= 4 is 24.1 Å². The second kappa shape index (κ2) is 8.96. The molecule has 1 aromatic rings. The second-order valence-electron chi connectivity index (χ2n) is 6.10. The van der Waals surface area contributed by atoms with Crippen LogP contribution in [0.15, 0.2) is 18.3 Å². The van der Waals surface area contributed by atoms with E-state index < -0.39 is 0 Å². The molecule has 0 aromatic carbocycles. The molecule has 1 atom stereocenters. The lowest BCUT2D eigenvalue weighted by Crippen LogP contribution is -2.46. The number of likely N-dealkylation sites (tertiary alicyclic amines) is 1. The van der Waals surface area contributed by atoms with Crippen LogP contribution in [0.3, 0.4) is 0 Å². The second-order valence-corrected chi connectivity index (χ2v) is 6.10. The molecule has 1 aliphatic rings. The highest BCUT2D eigenvalue weighted by Crippen LogP contribution is 2.17. The zero-order valence-corrected chi connectivity index (χ0v) is 14.0. The van der Waals surface area contributed by atoms with E-state index in [0.29, 0.717) is 5.82 Å². The largest absolute Gasteiger partial charge is 0.384 e. The number of aromatic nitrogens is 1.